The van der Waals surface area contributed by atoms with Gasteiger partial charge in [-0.1, -0.05) is 45.9 Å². The first-order valence-electron chi connectivity index (χ1n) is 8.54. The van der Waals surface area contributed by atoms with Crippen LogP contribution in [0.1, 0.15) is 61.2 Å². The molecule has 0 unspecified atom stereocenters. The van der Waals surface area contributed by atoms with Gasteiger partial charge in [0.1, 0.15) is 4.92 Å². The van der Waals surface area contributed by atoms with Gasteiger partial charge < -0.3 is 14.5 Å². The number of rotatable bonds is 7. The molecule has 0 aliphatic carbocycles. The van der Waals surface area contributed by atoms with Crippen molar-refractivity contribution in [1.82, 2.24) is 0 Å². The first-order valence-corrected chi connectivity index (χ1v) is 8.54. The number of furan rings is 1. The second kappa shape index (κ2) is 8.48. The van der Waals surface area contributed by atoms with Crippen LogP contribution in [0.4, 0.5) is 11.6 Å². The molecule has 8 nitrogen and oxygen atoms in total. The van der Waals surface area contributed by atoms with Crippen molar-refractivity contribution in [2.24, 2.45) is 0 Å². The average Bonchev–Trinajstić information content (AvgIpc) is 3.10. The third-order valence-electron chi connectivity index (χ3n) is 3.94. The number of esters is 1. The molecular weight excluding hydrogens is 352 g/mol. The summed E-state index contributed by atoms with van der Waals surface area (Å²) < 4.78 is 9.64. The molecule has 0 radical (unpaired) electrons. The van der Waals surface area contributed by atoms with Gasteiger partial charge in [-0.3, -0.25) is 14.9 Å². The Bertz CT molecular complexity index is 827. The third-order valence-corrected chi connectivity index (χ3v) is 3.94. The summed E-state index contributed by atoms with van der Waals surface area (Å²) in [4.78, 5) is 34.0. The summed E-state index contributed by atoms with van der Waals surface area (Å²) in [7, 11) is 0. The smallest absolute Gasteiger partial charge is 0.433 e. The highest BCUT2D eigenvalue weighted by Crippen LogP contribution is 2.32. The van der Waals surface area contributed by atoms with Crippen LogP contribution in [0.15, 0.2) is 34.7 Å². The van der Waals surface area contributed by atoms with E-state index < -0.39 is 29.3 Å². The summed E-state index contributed by atoms with van der Waals surface area (Å²) in [6.07, 6.45) is 0. The van der Waals surface area contributed by atoms with E-state index in [9.17, 15) is 19.7 Å². The molecule has 0 saturated carbocycles. The van der Waals surface area contributed by atoms with Crippen LogP contribution < -0.4 is 5.32 Å². The van der Waals surface area contributed by atoms with Crippen molar-refractivity contribution in [2.45, 2.75) is 39.5 Å². The monoisotopic (exact) mass is 374 g/mol. The van der Waals surface area contributed by atoms with Gasteiger partial charge in [-0.2, -0.15) is 0 Å². The predicted molar refractivity (Wildman–Crippen MR) is 98.9 cm³/mol. The van der Waals surface area contributed by atoms with E-state index in [2.05, 4.69) is 5.32 Å². The number of hydrogen-bond donors (Lipinski definition) is 1. The quantitative estimate of drug-likeness (QED) is 0.441. The molecule has 1 aromatic heterocycles. The fraction of sp³-hybridized carbons (Fsp3) is 0.368. The molecule has 0 saturated heterocycles. The SMILES string of the molecule is CC(C)c1cccc(C(C)C)c1NC(=O)COC(=O)c1ccc([N+](=O)[O-])o1. The maximum atomic E-state index is 12.3. The fourth-order valence-electron chi connectivity index (χ4n) is 2.61. The first-order chi connectivity index (χ1) is 12.7. The lowest BCUT2D eigenvalue weighted by molar-refractivity contribution is -0.402. The van der Waals surface area contributed by atoms with Gasteiger partial charge in [0.05, 0.1) is 6.07 Å². The molecule has 1 aromatic carbocycles. The lowest BCUT2D eigenvalue weighted by Crippen LogP contribution is -2.22. The molecule has 0 fully saturated rings. The number of nitro groups is 1. The van der Waals surface area contributed by atoms with Crippen molar-refractivity contribution in [3.63, 3.8) is 0 Å². The molecule has 0 atom stereocenters. The van der Waals surface area contributed by atoms with Crippen LogP contribution in [0.3, 0.4) is 0 Å². The number of anilines is 1. The molecule has 1 heterocycles. The second-order valence-electron chi connectivity index (χ2n) is 6.64. The zero-order valence-electron chi connectivity index (χ0n) is 15.6. The van der Waals surface area contributed by atoms with Crippen LogP contribution in [-0.2, 0) is 9.53 Å². The lowest BCUT2D eigenvalue weighted by atomic mass is 9.92. The highest BCUT2D eigenvalue weighted by molar-refractivity contribution is 5.96. The zero-order valence-corrected chi connectivity index (χ0v) is 15.6. The Labute approximate surface area is 156 Å². The zero-order chi connectivity index (χ0) is 20.1. The van der Waals surface area contributed by atoms with E-state index in [1.165, 1.54) is 0 Å². The van der Waals surface area contributed by atoms with Crippen LogP contribution in [0.25, 0.3) is 0 Å². The first kappa shape index (κ1) is 20.2. The molecule has 8 heteroatoms. The summed E-state index contributed by atoms with van der Waals surface area (Å²) in [6, 6.07) is 8.01. The Kier molecular flexibility index (Phi) is 6.33. The van der Waals surface area contributed by atoms with E-state index in [1.807, 2.05) is 45.9 Å². The highest BCUT2D eigenvalue weighted by Gasteiger charge is 2.20. The summed E-state index contributed by atoms with van der Waals surface area (Å²) in [5.41, 5.74) is 2.70. The van der Waals surface area contributed by atoms with Crippen LogP contribution in [0.5, 0.6) is 0 Å². The highest BCUT2D eigenvalue weighted by atomic mass is 16.7. The van der Waals surface area contributed by atoms with E-state index in [4.69, 9.17) is 9.15 Å². The molecule has 2 rings (SSSR count). The Morgan fingerprint density at radius 1 is 1.11 bits per heavy atom. The topological polar surface area (TPSA) is 112 Å². The second-order valence-corrected chi connectivity index (χ2v) is 6.64. The molecule has 0 spiro atoms. The van der Waals surface area contributed by atoms with Gasteiger partial charge in [-0.25, -0.2) is 4.79 Å². The number of nitrogens with one attached hydrogen (secondary N) is 1. The Morgan fingerprint density at radius 2 is 1.70 bits per heavy atom. The number of benzene rings is 1. The van der Waals surface area contributed by atoms with Crippen molar-refractivity contribution < 1.29 is 23.7 Å². The largest absolute Gasteiger partial charge is 0.450 e. The van der Waals surface area contributed by atoms with Gasteiger partial charge in [0.25, 0.3) is 5.91 Å². The number of nitrogens with zero attached hydrogens (tertiary/aromatic N) is 1. The van der Waals surface area contributed by atoms with E-state index >= 15 is 0 Å². The number of carbonyl (C=O) groups excluding carboxylic acids is 2. The van der Waals surface area contributed by atoms with Crippen LogP contribution in [0.2, 0.25) is 0 Å². The van der Waals surface area contributed by atoms with E-state index in [-0.39, 0.29) is 17.6 Å². The number of amides is 1. The molecule has 0 bridgehead atoms. The average molecular weight is 374 g/mol. The van der Waals surface area contributed by atoms with Crippen molar-refractivity contribution in [2.75, 3.05) is 11.9 Å². The molecule has 0 aliphatic rings. The predicted octanol–water partition coefficient (Wildman–Crippen LogP) is 4.23. The molecule has 1 N–H and O–H groups in total. The van der Waals surface area contributed by atoms with Gasteiger partial charge in [-0.05, 0) is 29.0 Å². The van der Waals surface area contributed by atoms with E-state index in [0.29, 0.717) is 0 Å². The fourth-order valence-corrected chi connectivity index (χ4v) is 2.61. The van der Waals surface area contributed by atoms with Gasteiger partial charge in [0, 0.05) is 5.69 Å². The minimum atomic E-state index is -0.945. The van der Waals surface area contributed by atoms with E-state index in [0.717, 1.165) is 28.9 Å². The Balaban J connectivity index is 2.07. The number of para-hydroxylation sites is 1. The normalized spacial score (nSPS) is 10.9. The standard InChI is InChI=1S/C19H22N2O6/c1-11(2)13-6-5-7-14(12(3)4)18(13)20-16(22)10-26-19(23)15-8-9-17(27-15)21(24)25/h5-9,11-12H,10H2,1-4H3,(H,20,22). The van der Waals surface area contributed by atoms with Gasteiger partial charge in [-0.15, -0.1) is 0 Å². The molecule has 2 aromatic rings. The van der Waals surface area contributed by atoms with Crippen LogP contribution >= 0.6 is 0 Å². The summed E-state index contributed by atoms with van der Waals surface area (Å²) in [5, 5.41) is 13.4. The molecule has 1 amide bonds. The third kappa shape index (κ3) is 4.93. The summed E-state index contributed by atoms with van der Waals surface area (Å²) in [5.74, 6) is -1.95. The van der Waals surface area contributed by atoms with Gasteiger partial charge >= 0.3 is 11.9 Å². The summed E-state index contributed by atoms with van der Waals surface area (Å²) >= 11 is 0. The van der Waals surface area contributed by atoms with Crippen molar-refractivity contribution in [1.29, 1.82) is 0 Å². The maximum Gasteiger partial charge on any atom is 0.433 e. The Hall–Kier alpha value is -3.16. The molecule has 27 heavy (non-hydrogen) atoms. The van der Waals surface area contributed by atoms with Crippen molar-refractivity contribution in [3.05, 3.63) is 57.3 Å². The molecular formula is C19H22N2O6. The summed E-state index contributed by atoms with van der Waals surface area (Å²) in [6.45, 7) is 7.58. The van der Waals surface area contributed by atoms with Crippen LogP contribution in [0, 0.1) is 10.1 Å². The minimum Gasteiger partial charge on any atom is -0.450 e. The number of hydrogen-bond acceptors (Lipinski definition) is 6. The minimum absolute atomic E-state index is 0.199. The van der Waals surface area contributed by atoms with Gasteiger partial charge in [0.15, 0.2) is 6.61 Å². The maximum absolute atomic E-state index is 12.3. The van der Waals surface area contributed by atoms with Crippen molar-refractivity contribution in [3.8, 4) is 0 Å². The molecule has 0 aliphatic heterocycles. The lowest BCUT2D eigenvalue weighted by Gasteiger charge is -2.20. The Morgan fingerprint density at radius 3 is 2.19 bits per heavy atom. The number of carbonyl (C=O) groups is 2. The van der Waals surface area contributed by atoms with Crippen LogP contribution in [-0.4, -0.2) is 23.4 Å². The van der Waals surface area contributed by atoms with Crippen molar-refractivity contribution >= 4 is 23.4 Å². The van der Waals surface area contributed by atoms with Gasteiger partial charge in [0.2, 0.25) is 5.76 Å². The molecule has 144 valence electrons. The number of ether oxygens (including phenoxy) is 1. The van der Waals surface area contributed by atoms with E-state index in [1.54, 1.807) is 0 Å².